The standard InChI is InChI=1S/C19H22FN5O/c1-19(2,3)17(26)25-18(22-12-13-7-9-14(20)10-8-13)23-16(24-25)15-6-4-5-11-21-15/h4-11,18,22H,12H2,1-3H3,(H,23,24). The second-order valence-electron chi connectivity index (χ2n) is 7.11. The Kier molecular flexibility index (Phi) is 4.99. The van der Waals surface area contributed by atoms with Gasteiger partial charge in [0.2, 0.25) is 5.91 Å². The van der Waals surface area contributed by atoms with E-state index in [0.717, 1.165) is 5.56 Å². The highest BCUT2D eigenvalue weighted by Gasteiger charge is 2.36. The number of aromatic nitrogens is 1. The third kappa shape index (κ3) is 4.05. The first-order valence-corrected chi connectivity index (χ1v) is 8.42. The monoisotopic (exact) mass is 355 g/mol. The van der Waals surface area contributed by atoms with Crippen molar-refractivity contribution in [1.82, 2.24) is 20.7 Å². The molecule has 0 fully saturated rings. The molecule has 1 aliphatic heterocycles. The lowest BCUT2D eigenvalue weighted by Gasteiger charge is -2.29. The fraction of sp³-hybridized carbons (Fsp3) is 0.316. The van der Waals surface area contributed by atoms with Crippen molar-refractivity contribution >= 4 is 11.7 Å². The lowest BCUT2D eigenvalue weighted by molar-refractivity contribution is -0.144. The van der Waals surface area contributed by atoms with E-state index < -0.39 is 11.7 Å². The van der Waals surface area contributed by atoms with Crippen LogP contribution in [0, 0.1) is 11.2 Å². The smallest absolute Gasteiger partial charge is 0.249 e. The number of aliphatic imine (C=N–C) groups is 1. The Bertz CT molecular complexity index is 799. The van der Waals surface area contributed by atoms with E-state index in [1.54, 1.807) is 18.3 Å². The van der Waals surface area contributed by atoms with Crippen LogP contribution >= 0.6 is 0 Å². The number of halogens is 1. The molecule has 1 aliphatic rings. The van der Waals surface area contributed by atoms with Crippen LogP contribution in [0.25, 0.3) is 0 Å². The number of carbonyl (C=O) groups is 1. The van der Waals surface area contributed by atoms with Gasteiger partial charge in [0.1, 0.15) is 11.5 Å². The van der Waals surface area contributed by atoms with E-state index >= 15 is 0 Å². The molecule has 1 aromatic carbocycles. The number of hydrazine groups is 1. The summed E-state index contributed by atoms with van der Waals surface area (Å²) in [5.41, 5.74) is 4.04. The molecule has 1 amide bonds. The number of hydrogen-bond donors (Lipinski definition) is 2. The van der Waals surface area contributed by atoms with Gasteiger partial charge in [-0.05, 0) is 29.8 Å². The minimum absolute atomic E-state index is 0.0937. The fourth-order valence-electron chi connectivity index (χ4n) is 2.48. The molecule has 2 aromatic rings. The van der Waals surface area contributed by atoms with E-state index in [4.69, 9.17) is 0 Å². The van der Waals surface area contributed by atoms with Crippen LogP contribution in [-0.2, 0) is 11.3 Å². The zero-order chi connectivity index (χ0) is 18.7. The number of nitrogens with zero attached hydrogens (tertiary/aromatic N) is 3. The Hall–Kier alpha value is -2.80. The number of carbonyl (C=O) groups excluding carboxylic acids is 1. The second kappa shape index (κ2) is 7.21. The summed E-state index contributed by atoms with van der Waals surface area (Å²) in [7, 11) is 0. The molecule has 0 bridgehead atoms. The largest absolute Gasteiger partial charge is 0.274 e. The first-order valence-electron chi connectivity index (χ1n) is 8.42. The zero-order valence-corrected chi connectivity index (χ0v) is 15.0. The summed E-state index contributed by atoms with van der Waals surface area (Å²) in [5.74, 6) is 0.153. The molecule has 1 atom stereocenters. The number of pyridine rings is 1. The van der Waals surface area contributed by atoms with E-state index in [2.05, 4.69) is 20.7 Å². The highest BCUT2D eigenvalue weighted by atomic mass is 19.1. The molecule has 2 heterocycles. The summed E-state index contributed by atoms with van der Waals surface area (Å²) in [6.07, 6.45) is 1.10. The van der Waals surface area contributed by atoms with Gasteiger partial charge in [0.25, 0.3) is 0 Å². The lowest BCUT2D eigenvalue weighted by Crippen LogP contribution is -2.54. The quantitative estimate of drug-likeness (QED) is 0.884. The van der Waals surface area contributed by atoms with Crippen molar-refractivity contribution in [2.24, 2.45) is 10.4 Å². The molecule has 0 spiro atoms. The van der Waals surface area contributed by atoms with Crippen molar-refractivity contribution in [2.75, 3.05) is 0 Å². The van der Waals surface area contributed by atoms with Crippen molar-refractivity contribution in [3.8, 4) is 0 Å². The molecule has 0 aliphatic carbocycles. The van der Waals surface area contributed by atoms with Gasteiger partial charge in [0, 0.05) is 18.2 Å². The van der Waals surface area contributed by atoms with Crippen LogP contribution in [0.15, 0.2) is 53.7 Å². The molecule has 1 aromatic heterocycles. The third-order valence-corrected chi connectivity index (χ3v) is 3.89. The summed E-state index contributed by atoms with van der Waals surface area (Å²) in [6.45, 7) is 6.01. The predicted molar refractivity (Wildman–Crippen MR) is 97.2 cm³/mol. The van der Waals surface area contributed by atoms with Crippen LogP contribution in [0.5, 0.6) is 0 Å². The SMILES string of the molecule is CC(C)(C)C(=O)N1NC(c2ccccn2)=NC1NCc1ccc(F)cc1. The van der Waals surface area contributed by atoms with Gasteiger partial charge in [0.15, 0.2) is 12.1 Å². The molecular formula is C19H22FN5O. The van der Waals surface area contributed by atoms with Crippen LogP contribution in [0.1, 0.15) is 32.0 Å². The maximum atomic E-state index is 13.1. The van der Waals surface area contributed by atoms with Crippen LogP contribution < -0.4 is 10.7 Å². The average Bonchev–Trinajstić information content (AvgIpc) is 3.04. The molecule has 1 unspecified atom stereocenters. The van der Waals surface area contributed by atoms with Crippen molar-refractivity contribution in [2.45, 2.75) is 33.6 Å². The van der Waals surface area contributed by atoms with E-state index in [1.165, 1.54) is 17.1 Å². The minimum Gasteiger partial charge on any atom is -0.274 e. The molecule has 136 valence electrons. The Morgan fingerprint density at radius 1 is 1.23 bits per heavy atom. The summed E-state index contributed by atoms with van der Waals surface area (Å²) >= 11 is 0. The summed E-state index contributed by atoms with van der Waals surface area (Å²) in [4.78, 5) is 21.6. The average molecular weight is 355 g/mol. The van der Waals surface area contributed by atoms with Crippen molar-refractivity contribution in [1.29, 1.82) is 0 Å². The number of benzene rings is 1. The van der Waals surface area contributed by atoms with Crippen LogP contribution in [0.2, 0.25) is 0 Å². The third-order valence-electron chi connectivity index (χ3n) is 3.89. The first-order chi connectivity index (χ1) is 12.3. The van der Waals surface area contributed by atoms with Gasteiger partial charge in [-0.3, -0.25) is 20.5 Å². The van der Waals surface area contributed by atoms with E-state index in [1.807, 2.05) is 39.0 Å². The molecule has 0 saturated heterocycles. The second-order valence-corrected chi connectivity index (χ2v) is 7.11. The first kappa shape index (κ1) is 18.0. The normalized spacial score (nSPS) is 17.0. The van der Waals surface area contributed by atoms with Crippen LogP contribution in [-0.4, -0.2) is 28.0 Å². The highest BCUT2D eigenvalue weighted by Crippen LogP contribution is 2.20. The molecule has 0 saturated carbocycles. The van der Waals surface area contributed by atoms with Gasteiger partial charge in [-0.25, -0.2) is 14.4 Å². The number of nitrogens with one attached hydrogen (secondary N) is 2. The Labute approximate surface area is 152 Å². The van der Waals surface area contributed by atoms with E-state index in [-0.39, 0.29) is 11.7 Å². The molecule has 2 N–H and O–H groups in total. The molecule has 7 heteroatoms. The van der Waals surface area contributed by atoms with Crippen LogP contribution in [0.4, 0.5) is 4.39 Å². The molecule has 3 rings (SSSR count). The number of amidine groups is 1. The van der Waals surface area contributed by atoms with Gasteiger partial charge in [-0.2, -0.15) is 0 Å². The summed E-state index contributed by atoms with van der Waals surface area (Å²) in [6, 6.07) is 11.7. The molecule has 0 radical (unpaired) electrons. The van der Waals surface area contributed by atoms with E-state index in [0.29, 0.717) is 18.1 Å². The maximum Gasteiger partial charge on any atom is 0.249 e. The number of amides is 1. The van der Waals surface area contributed by atoms with Crippen LogP contribution in [0.3, 0.4) is 0 Å². The van der Waals surface area contributed by atoms with Gasteiger partial charge in [-0.15, -0.1) is 0 Å². The molecule has 6 nitrogen and oxygen atoms in total. The zero-order valence-electron chi connectivity index (χ0n) is 15.0. The maximum absolute atomic E-state index is 13.1. The van der Waals surface area contributed by atoms with Gasteiger partial charge in [-0.1, -0.05) is 39.0 Å². The number of rotatable bonds is 4. The van der Waals surface area contributed by atoms with Gasteiger partial charge < -0.3 is 0 Å². The summed E-state index contributed by atoms with van der Waals surface area (Å²) < 4.78 is 13.1. The highest BCUT2D eigenvalue weighted by molar-refractivity contribution is 6.00. The Morgan fingerprint density at radius 3 is 2.58 bits per heavy atom. The van der Waals surface area contributed by atoms with Crippen molar-refractivity contribution in [3.05, 3.63) is 65.7 Å². The fourth-order valence-corrected chi connectivity index (χ4v) is 2.48. The van der Waals surface area contributed by atoms with Gasteiger partial charge in [0.05, 0.1) is 0 Å². The van der Waals surface area contributed by atoms with Crippen molar-refractivity contribution < 1.29 is 9.18 Å². The Balaban J connectivity index is 1.80. The number of hydrogen-bond acceptors (Lipinski definition) is 5. The molecule has 26 heavy (non-hydrogen) atoms. The van der Waals surface area contributed by atoms with Crippen molar-refractivity contribution in [3.63, 3.8) is 0 Å². The summed E-state index contributed by atoms with van der Waals surface area (Å²) in [5, 5.41) is 4.70. The predicted octanol–water partition coefficient (Wildman–Crippen LogP) is 2.43. The topological polar surface area (TPSA) is 69.6 Å². The van der Waals surface area contributed by atoms with E-state index in [9.17, 15) is 9.18 Å². The van der Waals surface area contributed by atoms with Gasteiger partial charge >= 0.3 is 0 Å². The molecular weight excluding hydrogens is 333 g/mol. The Morgan fingerprint density at radius 2 is 1.96 bits per heavy atom. The minimum atomic E-state index is -0.580. The lowest BCUT2D eigenvalue weighted by atomic mass is 9.95.